The zero-order valence-electron chi connectivity index (χ0n) is 16.6. The highest BCUT2D eigenvalue weighted by Gasteiger charge is 2.25. The van der Waals surface area contributed by atoms with Gasteiger partial charge in [0.25, 0.3) is 0 Å². The number of hydrogen-bond donors (Lipinski definition) is 1. The monoisotopic (exact) mass is 408 g/mol. The van der Waals surface area contributed by atoms with Gasteiger partial charge in [0.1, 0.15) is 0 Å². The van der Waals surface area contributed by atoms with Crippen molar-refractivity contribution >= 4 is 32.4 Å². The molecule has 1 saturated heterocycles. The van der Waals surface area contributed by atoms with Crippen molar-refractivity contribution in [3.8, 4) is 0 Å². The predicted molar refractivity (Wildman–Crippen MR) is 115 cm³/mol. The number of anilines is 1. The van der Waals surface area contributed by atoms with Crippen LogP contribution in [-0.4, -0.2) is 20.9 Å². The van der Waals surface area contributed by atoms with Gasteiger partial charge in [0, 0.05) is 24.7 Å². The van der Waals surface area contributed by atoms with Gasteiger partial charge in [0.15, 0.2) is 0 Å². The second-order valence-electron chi connectivity index (χ2n) is 7.55. The van der Waals surface area contributed by atoms with Crippen LogP contribution >= 0.6 is 0 Å². The maximum Gasteiger partial charge on any atom is 0.241 e. The Balaban J connectivity index is 1.58. The summed E-state index contributed by atoms with van der Waals surface area (Å²) >= 11 is 0. The number of amides is 1. The molecule has 0 aliphatic carbocycles. The van der Waals surface area contributed by atoms with Crippen LogP contribution in [0.3, 0.4) is 0 Å². The van der Waals surface area contributed by atoms with E-state index in [-0.39, 0.29) is 16.8 Å². The van der Waals surface area contributed by atoms with Gasteiger partial charge in [-0.1, -0.05) is 36.4 Å². The number of rotatable bonds is 5. The summed E-state index contributed by atoms with van der Waals surface area (Å²) in [5.74, 6) is 0.0862. The summed E-state index contributed by atoms with van der Waals surface area (Å²) in [6, 6.07) is 18.7. The Labute approximate surface area is 171 Å². The molecular weight excluding hydrogens is 384 g/mol. The van der Waals surface area contributed by atoms with Crippen LogP contribution in [0.1, 0.15) is 36.9 Å². The van der Waals surface area contributed by atoms with Crippen molar-refractivity contribution in [2.75, 3.05) is 11.4 Å². The predicted octanol–water partition coefficient (Wildman–Crippen LogP) is 4.31. The Kier molecular flexibility index (Phi) is 5.15. The number of carbonyl (C=O) groups excluding carboxylic acids is 1. The molecule has 3 aromatic carbocycles. The van der Waals surface area contributed by atoms with E-state index in [4.69, 9.17) is 0 Å². The van der Waals surface area contributed by atoms with E-state index in [0.29, 0.717) is 18.5 Å². The summed E-state index contributed by atoms with van der Waals surface area (Å²) in [7, 11) is -3.70. The molecule has 4 rings (SSSR count). The summed E-state index contributed by atoms with van der Waals surface area (Å²) in [6.07, 6.45) is 1.38. The number of benzene rings is 3. The lowest BCUT2D eigenvalue weighted by molar-refractivity contribution is -0.117. The highest BCUT2D eigenvalue weighted by Crippen LogP contribution is 2.27. The summed E-state index contributed by atoms with van der Waals surface area (Å²) < 4.78 is 28.8. The fraction of sp³-hybridized carbons (Fsp3) is 0.261. The molecule has 0 aromatic heterocycles. The van der Waals surface area contributed by atoms with Gasteiger partial charge in [-0.25, -0.2) is 13.1 Å². The molecule has 6 heteroatoms. The molecule has 1 aliphatic heterocycles. The Morgan fingerprint density at radius 2 is 1.76 bits per heavy atom. The first-order valence-corrected chi connectivity index (χ1v) is 11.3. The quantitative estimate of drug-likeness (QED) is 0.684. The largest absolute Gasteiger partial charge is 0.312 e. The minimum Gasteiger partial charge on any atom is -0.312 e. The molecule has 1 fully saturated rings. The fourth-order valence-electron chi connectivity index (χ4n) is 3.87. The first kappa shape index (κ1) is 19.6. The molecule has 0 bridgehead atoms. The minimum absolute atomic E-state index is 0.0862. The second kappa shape index (κ2) is 7.61. The van der Waals surface area contributed by atoms with Crippen LogP contribution in [0.5, 0.6) is 0 Å². The fourth-order valence-corrected chi connectivity index (χ4v) is 5.32. The Morgan fingerprint density at radius 1 is 1.00 bits per heavy atom. The third-order valence-electron chi connectivity index (χ3n) is 5.44. The number of aryl methyl sites for hydroxylation is 1. The number of nitrogens with one attached hydrogen (secondary N) is 1. The van der Waals surface area contributed by atoms with E-state index in [1.807, 2.05) is 49.4 Å². The molecule has 1 atom stereocenters. The topological polar surface area (TPSA) is 66.5 Å². The van der Waals surface area contributed by atoms with Crippen LogP contribution in [0.2, 0.25) is 0 Å². The summed E-state index contributed by atoms with van der Waals surface area (Å²) in [6.45, 7) is 4.29. The third kappa shape index (κ3) is 3.91. The Hall–Kier alpha value is -2.70. The number of fused-ring (bicyclic) bond motifs is 1. The van der Waals surface area contributed by atoms with Crippen LogP contribution in [0, 0.1) is 6.92 Å². The highest BCUT2D eigenvalue weighted by atomic mass is 32.2. The first-order valence-electron chi connectivity index (χ1n) is 9.77. The summed E-state index contributed by atoms with van der Waals surface area (Å²) in [5, 5.41) is 2.20. The van der Waals surface area contributed by atoms with Gasteiger partial charge < -0.3 is 4.90 Å². The SMILES string of the molecule is Cc1cc(N2CCCC2=O)ccc1S(=O)(=O)NC(C)c1ccc2ccccc2c1. The molecule has 1 N–H and O–H groups in total. The van der Waals surface area contributed by atoms with Crippen molar-refractivity contribution in [3.63, 3.8) is 0 Å². The van der Waals surface area contributed by atoms with E-state index in [2.05, 4.69) is 4.72 Å². The van der Waals surface area contributed by atoms with Crippen molar-refractivity contribution in [2.24, 2.45) is 0 Å². The van der Waals surface area contributed by atoms with Crippen molar-refractivity contribution in [1.29, 1.82) is 0 Å². The molecule has 1 unspecified atom stereocenters. The average Bonchev–Trinajstić information content (AvgIpc) is 3.13. The van der Waals surface area contributed by atoms with Crippen LogP contribution < -0.4 is 9.62 Å². The average molecular weight is 409 g/mol. The third-order valence-corrected chi connectivity index (χ3v) is 7.14. The van der Waals surface area contributed by atoms with Crippen LogP contribution in [0.25, 0.3) is 10.8 Å². The molecule has 1 amide bonds. The zero-order valence-corrected chi connectivity index (χ0v) is 17.4. The highest BCUT2D eigenvalue weighted by molar-refractivity contribution is 7.89. The zero-order chi connectivity index (χ0) is 20.6. The lowest BCUT2D eigenvalue weighted by Crippen LogP contribution is -2.28. The van der Waals surface area contributed by atoms with E-state index < -0.39 is 10.0 Å². The molecule has 29 heavy (non-hydrogen) atoms. The summed E-state index contributed by atoms with van der Waals surface area (Å²) in [5.41, 5.74) is 2.29. The minimum atomic E-state index is -3.70. The van der Waals surface area contributed by atoms with E-state index >= 15 is 0 Å². The molecule has 5 nitrogen and oxygen atoms in total. The van der Waals surface area contributed by atoms with Gasteiger partial charge in [0.05, 0.1) is 4.90 Å². The van der Waals surface area contributed by atoms with E-state index in [1.165, 1.54) is 0 Å². The molecule has 150 valence electrons. The van der Waals surface area contributed by atoms with Crippen LogP contribution in [0.15, 0.2) is 65.6 Å². The summed E-state index contributed by atoms with van der Waals surface area (Å²) in [4.78, 5) is 13.9. The molecule has 1 heterocycles. The Morgan fingerprint density at radius 3 is 2.45 bits per heavy atom. The molecule has 3 aromatic rings. The molecule has 0 saturated carbocycles. The maximum absolute atomic E-state index is 13.0. The van der Waals surface area contributed by atoms with Gasteiger partial charge in [-0.05, 0) is 66.4 Å². The van der Waals surface area contributed by atoms with Crippen molar-refractivity contribution < 1.29 is 13.2 Å². The van der Waals surface area contributed by atoms with Gasteiger partial charge in [-0.15, -0.1) is 0 Å². The molecule has 0 radical (unpaired) electrons. The standard InChI is InChI=1S/C23H24N2O3S/c1-16-14-21(25-13-5-8-23(25)26)11-12-22(16)29(27,28)24-17(2)19-10-9-18-6-3-4-7-20(18)15-19/h3-4,6-7,9-12,14-15,17,24H,5,8,13H2,1-2H3. The van der Waals surface area contributed by atoms with Crippen LogP contribution in [0.4, 0.5) is 5.69 Å². The molecule has 1 aliphatic rings. The number of hydrogen-bond acceptors (Lipinski definition) is 3. The van der Waals surface area contributed by atoms with Crippen LogP contribution in [-0.2, 0) is 14.8 Å². The smallest absolute Gasteiger partial charge is 0.241 e. The normalized spacial score (nSPS) is 15.8. The lowest BCUT2D eigenvalue weighted by Gasteiger charge is -2.19. The van der Waals surface area contributed by atoms with E-state index in [0.717, 1.165) is 28.4 Å². The number of sulfonamides is 1. The van der Waals surface area contributed by atoms with Crippen molar-refractivity contribution in [1.82, 2.24) is 4.72 Å². The number of nitrogens with zero attached hydrogens (tertiary/aromatic N) is 1. The van der Waals surface area contributed by atoms with Crippen molar-refractivity contribution in [2.45, 2.75) is 37.6 Å². The van der Waals surface area contributed by atoms with Gasteiger partial charge in [-0.3, -0.25) is 4.79 Å². The number of carbonyl (C=O) groups is 1. The van der Waals surface area contributed by atoms with Gasteiger partial charge >= 0.3 is 0 Å². The first-order chi connectivity index (χ1) is 13.8. The van der Waals surface area contributed by atoms with Gasteiger partial charge in [-0.2, -0.15) is 0 Å². The molecular formula is C23H24N2O3S. The lowest BCUT2D eigenvalue weighted by atomic mass is 10.0. The van der Waals surface area contributed by atoms with Gasteiger partial charge in [0.2, 0.25) is 15.9 Å². The van der Waals surface area contributed by atoms with Crippen molar-refractivity contribution in [3.05, 3.63) is 71.8 Å². The Bertz CT molecular complexity index is 1190. The maximum atomic E-state index is 13.0. The van der Waals surface area contributed by atoms with E-state index in [1.54, 1.807) is 30.0 Å². The van der Waals surface area contributed by atoms with E-state index in [9.17, 15) is 13.2 Å². The second-order valence-corrected chi connectivity index (χ2v) is 9.23. The molecule has 0 spiro atoms.